The number of anilines is 1. The minimum Gasteiger partial charge on any atom is -0.497 e. The van der Waals surface area contributed by atoms with Crippen LogP contribution in [0.15, 0.2) is 53.6 Å². The summed E-state index contributed by atoms with van der Waals surface area (Å²) >= 11 is 5.79. The Hall–Kier alpha value is -2.58. The summed E-state index contributed by atoms with van der Waals surface area (Å²) in [6.45, 7) is -0.413. The van der Waals surface area contributed by atoms with E-state index < -0.39 is 22.5 Å². The van der Waals surface area contributed by atoms with Gasteiger partial charge in [-0.05, 0) is 29.8 Å². The molecule has 7 nitrogen and oxygen atoms in total. The number of benzene rings is 2. The minimum absolute atomic E-state index is 0.323. The largest absolute Gasteiger partial charge is 0.497 e. The second kappa shape index (κ2) is 8.68. The number of hydrogen-bond acceptors (Lipinski definition) is 5. The molecule has 0 unspecified atom stereocenters. The molecule has 138 valence electrons. The first kappa shape index (κ1) is 19.7. The standard InChI is InChI=1S/C17H18ClN3O4S/c1-25-16-5-3-4-15(10-16)21(26(2,23)24)12-17(22)20-19-11-13-6-8-14(18)9-7-13/h3-11H,12H2,1-2H3,(H,20,22)/b19-11-. The van der Waals surface area contributed by atoms with Crippen LogP contribution in [0.3, 0.4) is 0 Å². The van der Waals surface area contributed by atoms with E-state index in [1.54, 1.807) is 42.5 Å². The predicted octanol–water partition coefficient (Wildman–Crippen LogP) is 2.26. The van der Waals surface area contributed by atoms with Crippen LogP contribution in [-0.2, 0) is 14.8 Å². The third kappa shape index (κ3) is 5.75. The van der Waals surface area contributed by atoms with Gasteiger partial charge in [0, 0.05) is 11.1 Å². The number of nitrogens with one attached hydrogen (secondary N) is 1. The fraction of sp³-hybridized carbons (Fsp3) is 0.176. The molecule has 0 aliphatic rings. The molecule has 2 aromatic rings. The molecule has 9 heteroatoms. The SMILES string of the molecule is COc1cccc(N(CC(=O)N/N=C\c2ccc(Cl)cc2)S(C)(=O)=O)c1. The Morgan fingerprint density at radius 3 is 2.58 bits per heavy atom. The highest BCUT2D eigenvalue weighted by atomic mass is 35.5. The van der Waals surface area contributed by atoms with Gasteiger partial charge in [0.15, 0.2) is 0 Å². The number of hydrazone groups is 1. The lowest BCUT2D eigenvalue weighted by atomic mass is 10.2. The average Bonchev–Trinajstić information content (AvgIpc) is 2.60. The molecular formula is C17H18ClN3O4S. The molecule has 0 radical (unpaired) electrons. The molecule has 0 aliphatic carbocycles. The minimum atomic E-state index is -3.67. The highest BCUT2D eigenvalue weighted by Crippen LogP contribution is 2.22. The summed E-state index contributed by atoms with van der Waals surface area (Å²) in [6.07, 6.45) is 2.46. The van der Waals surface area contributed by atoms with Gasteiger partial charge in [-0.1, -0.05) is 29.8 Å². The number of amides is 1. The lowest BCUT2D eigenvalue weighted by Gasteiger charge is -2.21. The molecule has 1 N–H and O–H groups in total. The number of nitrogens with zero attached hydrogens (tertiary/aromatic N) is 2. The van der Waals surface area contributed by atoms with Crippen LogP contribution in [-0.4, -0.2) is 40.4 Å². The smallest absolute Gasteiger partial charge is 0.260 e. The maximum absolute atomic E-state index is 12.1. The van der Waals surface area contributed by atoms with Crippen LogP contribution in [0.2, 0.25) is 5.02 Å². The number of hydrogen-bond donors (Lipinski definition) is 1. The summed E-state index contributed by atoms with van der Waals surface area (Å²) in [7, 11) is -2.20. The number of methoxy groups -OCH3 is 1. The molecule has 0 atom stereocenters. The third-order valence-electron chi connectivity index (χ3n) is 3.30. The second-order valence-corrected chi connectivity index (χ2v) is 7.66. The summed E-state index contributed by atoms with van der Waals surface area (Å²) < 4.78 is 30.2. The summed E-state index contributed by atoms with van der Waals surface area (Å²) in [5.41, 5.74) is 3.37. The number of carbonyl (C=O) groups excluding carboxylic acids is 1. The van der Waals surface area contributed by atoms with Gasteiger partial charge in [-0.2, -0.15) is 5.10 Å². The summed E-state index contributed by atoms with van der Waals surface area (Å²) in [5.74, 6) is -0.0965. The second-order valence-electron chi connectivity index (χ2n) is 5.32. The Balaban J connectivity index is 2.08. The van der Waals surface area contributed by atoms with Gasteiger partial charge < -0.3 is 4.74 Å². The Kier molecular flexibility index (Phi) is 6.59. The molecule has 2 rings (SSSR count). The van der Waals surface area contributed by atoms with Crippen molar-refractivity contribution in [3.8, 4) is 5.75 Å². The Bertz CT molecular complexity index is 898. The van der Waals surface area contributed by atoms with Crippen LogP contribution < -0.4 is 14.5 Å². The van der Waals surface area contributed by atoms with Crippen LogP contribution in [0.1, 0.15) is 5.56 Å². The van der Waals surface area contributed by atoms with Gasteiger partial charge in [-0.15, -0.1) is 0 Å². The molecule has 1 amide bonds. The first-order chi connectivity index (χ1) is 12.3. The monoisotopic (exact) mass is 395 g/mol. The summed E-state index contributed by atoms with van der Waals surface area (Å²) in [5, 5.41) is 4.41. The Labute approximate surface area is 157 Å². The fourth-order valence-electron chi connectivity index (χ4n) is 2.06. The predicted molar refractivity (Wildman–Crippen MR) is 102 cm³/mol. The first-order valence-electron chi connectivity index (χ1n) is 7.49. The van der Waals surface area contributed by atoms with Crippen molar-refractivity contribution in [2.75, 3.05) is 24.2 Å². The Morgan fingerprint density at radius 2 is 1.96 bits per heavy atom. The normalized spacial score (nSPS) is 11.3. The van der Waals surface area contributed by atoms with E-state index in [1.807, 2.05) is 0 Å². The molecule has 0 aliphatic heterocycles. The first-order valence-corrected chi connectivity index (χ1v) is 9.71. The van der Waals surface area contributed by atoms with Gasteiger partial charge in [0.25, 0.3) is 5.91 Å². The molecule has 0 aromatic heterocycles. The van der Waals surface area contributed by atoms with Crippen LogP contribution in [0, 0.1) is 0 Å². The average molecular weight is 396 g/mol. The van der Waals surface area contributed by atoms with Gasteiger partial charge in [0.05, 0.1) is 25.3 Å². The van der Waals surface area contributed by atoms with E-state index in [4.69, 9.17) is 16.3 Å². The molecule has 0 bridgehead atoms. The number of rotatable bonds is 7. The maximum atomic E-state index is 12.1. The number of ether oxygens (including phenoxy) is 1. The molecule has 0 saturated heterocycles. The van der Waals surface area contributed by atoms with Crippen LogP contribution >= 0.6 is 11.6 Å². The van der Waals surface area contributed by atoms with Crippen molar-refractivity contribution < 1.29 is 17.9 Å². The van der Waals surface area contributed by atoms with E-state index in [0.717, 1.165) is 16.1 Å². The van der Waals surface area contributed by atoms with Crippen molar-refractivity contribution in [3.05, 3.63) is 59.1 Å². The zero-order valence-corrected chi connectivity index (χ0v) is 15.8. The van der Waals surface area contributed by atoms with E-state index >= 15 is 0 Å². The third-order valence-corrected chi connectivity index (χ3v) is 4.69. The topological polar surface area (TPSA) is 88.1 Å². The van der Waals surface area contributed by atoms with Crippen molar-refractivity contribution in [2.45, 2.75) is 0 Å². The van der Waals surface area contributed by atoms with E-state index in [1.165, 1.54) is 19.4 Å². The van der Waals surface area contributed by atoms with Crippen molar-refractivity contribution in [1.82, 2.24) is 5.43 Å². The van der Waals surface area contributed by atoms with Crippen molar-refractivity contribution in [1.29, 1.82) is 0 Å². The van der Waals surface area contributed by atoms with Crippen LogP contribution in [0.5, 0.6) is 5.75 Å². The summed E-state index contributed by atoms with van der Waals surface area (Å²) in [4.78, 5) is 12.1. The van der Waals surface area contributed by atoms with Gasteiger partial charge >= 0.3 is 0 Å². The van der Waals surface area contributed by atoms with Crippen molar-refractivity contribution >= 4 is 39.4 Å². The lowest BCUT2D eigenvalue weighted by Crippen LogP contribution is -2.39. The fourth-order valence-corrected chi connectivity index (χ4v) is 3.03. The molecule has 2 aromatic carbocycles. The molecule has 0 heterocycles. The highest BCUT2D eigenvalue weighted by Gasteiger charge is 2.21. The number of carbonyl (C=O) groups is 1. The molecular weight excluding hydrogens is 378 g/mol. The lowest BCUT2D eigenvalue weighted by molar-refractivity contribution is -0.119. The van der Waals surface area contributed by atoms with E-state index in [2.05, 4.69) is 10.5 Å². The van der Waals surface area contributed by atoms with E-state index in [9.17, 15) is 13.2 Å². The van der Waals surface area contributed by atoms with Gasteiger partial charge in [0.1, 0.15) is 12.3 Å². The molecule has 0 spiro atoms. The van der Waals surface area contributed by atoms with Crippen LogP contribution in [0.4, 0.5) is 5.69 Å². The molecule has 0 saturated carbocycles. The molecule has 0 fully saturated rings. The van der Waals surface area contributed by atoms with Crippen LogP contribution in [0.25, 0.3) is 0 Å². The zero-order valence-electron chi connectivity index (χ0n) is 14.2. The maximum Gasteiger partial charge on any atom is 0.260 e. The van der Waals surface area contributed by atoms with Crippen molar-refractivity contribution in [3.63, 3.8) is 0 Å². The van der Waals surface area contributed by atoms with Gasteiger partial charge in [-0.3, -0.25) is 9.10 Å². The quantitative estimate of drug-likeness (QED) is 0.575. The molecule has 26 heavy (non-hydrogen) atoms. The van der Waals surface area contributed by atoms with Crippen molar-refractivity contribution in [2.24, 2.45) is 5.10 Å². The number of halogens is 1. The highest BCUT2D eigenvalue weighted by molar-refractivity contribution is 7.92. The van der Waals surface area contributed by atoms with E-state index in [-0.39, 0.29) is 0 Å². The number of sulfonamides is 1. The Morgan fingerprint density at radius 1 is 1.27 bits per heavy atom. The van der Waals surface area contributed by atoms with E-state index in [0.29, 0.717) is 16.5 Å². The zero-order chi connectivity index (χ0) is 19.2. The van der Waals surface area contributed by atoms with Gasteiger partial charge in [-0.25, -0.2) is 13.8 Å². The van der Waals surface area contributed by atoms with Gasteiger partial charge in [0.2, 0.25) is 10.0 Å². The summed E-state index contributed by atoms with van der Waals surface area (Å²) in [6, 6.07) is 13.3.